The second kappa shape index (κ2) is 43.6. The fourth-order valence-electron chi connectivity index (χ4n) is 11.5. The lowest BCUT2D eigenvalue weighted by atomic mass is 10.00. The molecule has 0 aliphatic carbocycles. The number of anilines is 2. The number of hydrazone groups is 1. The van der Waals surface area contributed by atoms with Gasteiger partial charge < -0.3 is 62.0 Å². The Morgan fingerprint density at radius 1 is 0.625 bits per heavy atom. The Labute approximate surface area is 608 Å². The van der Waals surface area contributed by atoms with E-state index in [9.17, 15) is 66.0 Å². The molecule has 1 saturated heterocycles. The summed E-state index contributed by atoms with van der Waals surface area (Å²) in [5.41, 5.74) is 5.54. The van der Waals surface area contributed by atoms with Gasteiger partial charge in [-0.1, -0.05) is 145 Å². The van der Waals surface area contributed by atoms with Crippen LogP contribution >= 0.6 is 0 Å². The summed E-state index contributed by atoms with van der Waals surface area (Å²) in [4.78, 5) is 139. The number of pyridine rings is 1. The minimum Gasteiger partial charge on any atom is -0.508 e. The summed E-state index contributed by atoms with van der Waals surface area (Å²) in [5, 5.41) is 36.2. The van der Waals surface area contributed by atoms with Crippen LogP contribution in [-0.2, 0) is 77.4 Å². The van der Waals surface area contributed by atoms with E-state index in [0.717, 1.165) is 56.9 Å². The average molecular weight is 1460 g/mol. The summed E-state index contributed by atoms with van der Waals surface area (Å²) in [7, 11) is -4.43. The second-order valence-electron chi connectivity index (χ2n) is 26.5. The number of phenolic OH excluding ortho intramolecular Hbond substituents is 1. The summed E-state index contributed by atoms with van der Waals surface area (Å²) in [6.07, 6.45) is 12.3. The first-order valence-electron chi connectivity index (χ1n) is 35.4. The number of rotatable bonds is 43. The maximum atomic E-state index is 14.5. The van der Waals surface area contributed by atoms with Gasteiger partial charge in [0, 0.05) is 56.8 Å². The molecule has 1 aliphatic rings. The number of aryl methyl sites for hydroxylation is 1. The van der Waals surface area contributed by atoms with Gasteiger partial charge in [0.2, 0.25) is 47.3 Å². The molecule has 1 fully saturated rings. The Balaban J connectivity index is 0.870. The number of aromatic nitrogens is 1. The van der Waals surface area contributed by atoms with Crippen LogP contribution in [0.25, 0.3) is 0 Å². The number of ether oxygens (including phenoxy) is 2. The number of benzene rings is 4. The van der Waals surface area contributed by atoms with Gasteiger partial charge in [0.05, 0.1) is 24.9 Å². The lowest BCUT2D eigenvalue weighted by molar-refractivity contribution is -0.138. The highest BCUT2D eigenvalue weighted by Crippen LogP contribution is 2.21. The lowest BCUT2D eigenvalue weighted by Crippen LogP contribution is -2.58. The molecule has 5 aromatic rings. The molecule has 29 heteroatoms. The molecular formula is C75H100N12O16S. The standard InChI is InChI=1S/C75H100N12O16S/c1-50(2)43-61(85-74(97)64-24-20-41-87(64)52(5)88)70(93)79-48-68(91)82-60(37-31-53-21-14-13-15-22-53)71(94)84-63(45-54-29-35-59(89)36-30-54)73(96)83-62(44-51(3)4)72(95)81-58-33-27-55(28-34-58)49-103-75(98)102-42-19-12-10-8-6-7-9-11-16-26-67(90)76-39-40-77-69(92)57-32-38-66(78-46-57)86-80-47-56-23-17-18-25-65(56)104(99,100)101/h13-15,17-18,21-23,25,27-30,32-36,38,46-47,50-51,60-64,89H,6-12,16,19-20,24,26,31,37,39-45,48-49H2,1-5H3,(H,76,90)(H,77,92)(H,78,86)(H,79,93)(H,81,95)(H,82,91)(H,83,96)(H,84,94)(H,85,97)(H,99,100,101)/b80-47+/t60-,61-,62-,63-,64-/m0/s1. The van der Waals surface area contributed by atoms with Crippen molar-refractivity contribution in [2.75, 3.05) is 43.5 Å². The molecule has 562 valence electrons. The Morgan fingerprint density at radius 3 is 1.89 bits per heavy atom. The van der Waals surface area contributed by atoms with Crippen molar-refractivity contribution < 1.29 is 75.5 Å². The van der Waals surface area contributed by atoms with Crippen molar-refractivity contribution in [1.82, 2.24) is 47.1 Å². The highest BCUT2D eigenvalue weighted by Gasteiger charge is 2.36. The predicted octanol–water partition coefficient (Wildman–Crippen LogP) is 7.55. The third kappa shape index (κ3) is 30.3. The SMILES string of the molecule is CC(=O)N1CCC[C@H]1C(=O)N[C@@H](CC(C)C)C(=O)NCC(=O)N[C@@H](CCc1ccccc1)C(=O)N[C@@H](Cc1ccc(O)cc1)C(=O)N[C@@H](CC(C)C)C(=O)Nc1ccc(COC(=O)OCCCCCCCCCCCC(=O)NCCNC(=O)c2ccc(N/N=C/c3ccccc3S(=O)(=O)O)nc2)cc1. The molecule has 0 unspecified atom stereocenters. The average Bonchev–Trinajstić information content (AvgIpc) is 1.02. The molecule has 1 aromatic heterocycles. The highest BCUT2D eigenvalue weighted by atomic mass is 32.2. The first kappa shape index (κ1) is 82.7. The number of nitrogens with one attached hydrogen (secondary N) is 9. The number of aromatic hydroxyl groups is 1. The zero-order valence-electron chi connectivity index (χ0n) is 59.8. The van der Waals surface area contributed by atoms with Gasteiger partial charge in [-0.3, -0.25) is 53.1 Å². The van der Waals surface area contributed by atoms with Gasteiger partial charge >= 0.3 is 6.16 Å². The Bertz CT molecular complexity index is 3770. The number of hydrogen-bond acceptors (Lipinski definition) is 18. The molecular weight excluding hydrogens is 1360 g/mol. The minimum atomic E-state index is -4.43. The van der Waals surface area contributed by atoms with Crippen molar-refractivity contribution in [3.8, 4) is 5.75 Å². The Kier molecular flexibility index (Phi) is 34.7. The number of likely N-dealkylation sites (tertiary alicyclic amines) is 1. The van der Waals surface area contributed by atoms with E-state index in [4.69, 9.17) is 9.47 Å². The van der Waals surface area contributed by atoms with Gasteiger partial charge in [-0.2, -0.15) is 13.5 Å². The van der Waals surface area contributed by atoms with E-state index in [1.54, 1.807) is 42.5 Å². The van der Waals surface area contributed by atoms with Crippen molar-refractivity contribution in [2.24, 2.45) is 16.9 Å². The van der Waals surface area contributed by atoms with Crippen LogP contribution in [-0.4, -0.2) is 156 Å². The minimum absolute atomic E-state index is 0.0224. The molecule has 0 spiro atoms. The van der Waals surface area contributed by atoms with E-state index in [1.807, 2.05) is 58.0 Å². The fourth-order valence-corrected chi connectivity index (χ4v) is 12.2. The molecule has 9 amide bonds. The number of nitrogens with zero attached hydrogens (tertiary/aromatic N) is 3. The highest BCUT2D eigenvalue weighted by molar-refractivity contribution is 7.86. The number of amides is 9. The smallest absolute Gasteiger partial charge is 0.508 e. The maximum absolute atomic E-state index is 14.5. The van der Waals surface area contributed by atoms with Gasteiger partial charge in [-0.25, -0.2) is 9.78 Å². The quantitative estimate of drug-likeness (QED) is 0.00589. The van der Waals surface area contributed by atoms with Crippen LogP contribution < -0.4 is 48.0 Å². The van der Waals surface area contributed by atoms with E-state index >= 15 is 0 Å². The number of carbonyl (C=O) groups is 10. The first-order valence-corrected chi connectivity index (χ1v) is 36.9. The number of unbranched alkanes of at least 4 members (excludes halogenated alkanes) is 8. The van der Waals surface area contributed by atoms with Crippen LogP contribution in [0, 0.1) is 11.8 Å². The van der Waals surface area contributed by atoms with Gasteiger partial charge in [-0.05, 0) is 122 Å². The molecule has 6 rings (SSSR count). The molecule has 1 aliphatic heterocycles. The zero-order valence-corrected chi connectivity index (χ0v) is 60.6. The van der Waals surface area contributed by atoms with Crippen molar-refractivity contribution >= 4 is 87.2 Å². The number of hydrogen-bond donors (Lipinski definition) is 11. The van der Waals surface area contributed by atoms with Crippen molar-refractivity contribution in [1.29, 1.82) is 0 Å². The van der Waals surface area contributed by atoms with Crippen LogP contribution in [0.1, 0.15) is 164 Å². The normalized spacial score (nSPS) is 13.9. The summed E-state index contributed by atoms with van der Waals surface area (Å²) in [6.45, 7) is 9.39. The molecule has 5 atom stereocenters. The third-order valence-electron chi connectivity index (χ3n) is 17.0. The number of carbonyl (C=O) groups excluding carboxylic acids is 10. The van der Waals surface area contributed by atoms with E-state index in [1.165, 1.54) is 66.7 Å². The topological polar surface area (TPSA) is 401 Å². The molecule has 11 N–H and O–H groups in total. The third-order valence-corrected chi connectivity index (χ3v) is 17.9. The lowest BCUT2D eigenvalue weighted by Gasteiger charge is -2.27. The van der Waals surface area contributed by atoms with E-state index < -0.39 is 88.5 Å². The Morgan fingerprint density at radius 2 is 1.24 bits per heavy atom. The molecule has 28 nitrogen and oxygen atoms in total. The number of phenols is 1. The first-order chi connectivity index (χ1) is 49.8. The van der Waals surface area contributed by atoms with Gasteiger partial charge in [-0.15, -0.1) is 0 Å². The molecule has 4 aromatic carbocycles. The summed E-state index contributed by atoms with van der Waals surface area (Å²) in [5.74, 6) is -4.33. The van der Waals surface area contributed by atoms with Gasteiger partial charge in [0.15, 0.2) is 0 Å². The van der Waals surface area contributed by atoms with Gasteiger partial charge in [0.1, 0.15) is 53.3 Å². The van der Waals surface area contributed by atoms with Crippen LogP contribution in [0.5, 0.6) is 5.75 Å². The predicted molar refractivity (Wildman–Crippen MR) is 391 cm³/mol. The second-order valence-corrected chi connectivity index (χ2v) is 27.9. The van der Waals surface area contributed by atoms with Crippen LogP contribution in [0.4, 0.5) is 16.3 Å². The molecule has 0 radical (unpaired) electrons. The largest absolute Gasteiger partial charge is 0.508 e. The monoisotopic (exact) mass is 1460 g/mol. The maximum Gasteiger partial charge on any atom is 0.508 e. The summed E-state index contributed by atoms with van der Waals surface area (Å²) < 4.78 is 43.2. The van der Waals surface area contributed by atoms with Crippen molar-refractivity contribution in [3.05, 3.63) is 149 Å². The van der Waals surface area contributed by atoms with E-state index in [2.05, 4.69) is 58.0 Å². The van der Waals surface area contributed by atoms with Crippen molar-refractivity contribution in [3.63, 3.8) is 0 Å². The van der Waals surface area contributed by atoms with Crippen LogP contribution in [0.2, 0.25) is 0 Å². The molecule has 104 heavy (non-hydrogen) atoms. The molecule has 2 heterocycles. The summed E-state index contributed by atoms with van der Waals surface area (Å²) >= 11 is 0. The van der Waals surface area contributed by atoms with Crippen LogP contribution in [0.15, 0.2) is 131 Å². The Hall–Kier alpha value is -10.3. The molecule has 0 bridgehead atoms. The van der Waals surface area contributed by atoms with Gasteiger partial charge in [0.25, 0.3) is 16.0 Å². The zero-order chi connectivity index (χ0) is 75.4. The van der Waals surface area contributed by atoms with E-state index in [-0.39, 0.29) is 103 Å². The van der Waals surface area contributed by atoms with Crippen molar-refractivity contribution in [2.45, 2.75) is 185 Å². The van der Waals surface area contributed by atoms with Crippen LogP contribution in [0.3, 0.4) is 0 Å². The molecule has 0 saturated carbocycles. The van der Waals surface area contributed by atoms with E-state index in [0.29, 0.717) is 61.3 Å². The summed E-state index contributed by atoms with van der Waals surface area (Å²) in [6, 6.07) is 25.4. The fraction of sp³-hybridized carbons (Fsp3) is 0.467.